The summed E-state index contributed by atoms with van der Waals surface area (Å²) in [5, 5.41) is 4.00. The quantitative estimate of drug-likeness (QED) is 0.754. The van der Waals surface area contributed by atoms with E-state index in [1.807, 2.05) is 13.8 Å². The van der Waals surface area contributed by atoms with Crippen LogP contribution < -0.4 is 10.5 Å². The maximum absolute atomic E-state index is 11.5. The van der Waals surface area contributed by atoms with Crippen molar-refractivity contribution in [1.82, 2.24) is 9.78 Å². The highest BCUT2D eigenvalue weighted by atomic mass is 32.2. The SMILES string of the molecule is CC(C)n1cc(NS(=O)(=O)CC(N)=S)cn1. The van der Waals surface area contributed by atoms with Crippen molar-refractivity contribution in [3.05, 3.63) is 12.4 Å². The molecule has 1 aromatic rings. The summed E-state index contributed by atoms with van der Waals surface area (Å²) in [6.45, 7) is 3.89. The van der Waals surface area contributed by atoms with E-state index in [0.717, 1.165) is 0 Å². The number of nitrogens with one attached hydrogen (secondary N) is 1. The second-order valence-corrected chi connectivity index (χ2v) is 5.88. The summed E-state index contributed by atoms with van der Waals surface area (Å²) in [5.41, 5.74) is 5.58. The largest absolute Gasteiger partial charge is 0.392 e. The monoisotopic (exact) mass is 262 g/mol. The normalized spacial score (nSPS) is 11.7. The highest BCUT2D eigenvalue weighted by molar-refractivity contribution is 7.95. The fourth-order valence-electron chi connectivity index (χ4n) is 1.08. The topological polar surface area (TPSA) is 90.0 Å². The molecule has 0 atom stereocenters. The van der Waals surface area contributed by atoms with Gasteiger partial charge in [0.25, 0.3) is 0 Å². The average Bonchev–Trinajstić information content (AvgIpc) is 2.48. The van der Waals surface area contributed by atoms with Crippen molar-refractivity contribution < 1.29 is 8.42 Å². The molecule has 0 aliphatic rings. The first kappa shape index (κ1) is 12.9. The Balaban J connectivity index is 2.76. The smallest absolute Gasteiger partial charge is 0.239 e. The van der Waals surface area contributed by atoms with Crippen LogP contribution in [-0.4, -0.2) is 28.9 Å². The third kappa shape index (κ3) is 3.78. The van der Waals surface area contributed by atoms with Gasteiger partial charge in [0.05, 0.1) is 16.9 Å². The molecule has 8 heteroatoms. The number of anilines is 1. The van der Waals surface area contributed by atoms with E-state index in [4.69, 9.17) is 5.73 Å². The lowest BCUT2D eigenvalue weighted by atomic mass is 10.4. The van der Waals surface area contributed by atoms with Crippen LogP contribution in [0.1, 0.15) is 19.9 Å². The number of aromatic nitrogens is 2. The summed E-state index contributed by atoms with van der Waals surface area (Å²) < 4.78 is 26.9. The van der Waals surface area contributed by atoms with Gasteiger partial charge >= 0.3 is 0 Å². The molecule has 0 saturated carbocycles. The van der Waals surface area contributed by atoms with Crippen LogP contribution in [-0.2, 0) is 10.0 Å². The highest BCUT2D eigenvalue weighted by Gasteiger charge is 2.13. The fraction of sp³-hybridized carbons (Fsp3) is 0.500. The van der Waals surface area contributed by atoms with Crippen LogP contribution in [0.25, 0.3) is 0 Å². The van der Waals surface area contributed by atoms with Gasteiger partial charge in [-0.3, -0.25) is 9.40 Å². The van der Waals surface area contributed by atoms with Gasteiger partial charge < -0.3 is 5.73 Å². The zero-order valence-corrected chi connectivity index (χ0v) is 10.7. The fourth-order valence-corrected chi connectivity index (χ4v) is 2.45. The molecule has 90 valence electrons. The van der Waals surface area contributed by atoms with E-state index in [0.29, 0.717) is 5.69 Å². The first-order chi connectivity index (χ1) is 7.30. The third-order valence-corrected chi connectivity index (χ3v) is 3.30. The number of sulfonamides is 1. The lowest BCUT2D eigenvalue weighted by Gasteiger charge is -2.05. The second kappa shape index (κ2) is 4.79. The predicted molar refractivity (Wildman–Crippen MR) is 66.8 cm³/mol. The van der Waals surface area contributed by atoms with Crippen LogP contribution in [0.5, 0.6) is 0 Å². The van der Waals surface area contributed by atoms with Crippen LogP contribution in [0.15, 0.2) is 12.4 Å². The van der Waals surface area contributed by atoms with Crippen molar-refractivity contribution in [3.8, 4) is 0 Å². The van der Waals surface area contributed by atoms with E-state index in [2.05, 4.69) is 22.0 Å². The maximum Gasteiger partial charge on any atom is 0.239 e. The Morgan fingerprint density at radius 3 is 2.75 bits per heavy atom. The van der Waals surface area contributed by atoms with Gasteiger partial charge in [-0.25, -0.2) is 8.42 Å². The molecular formula is C8H14N4O2S2. The third-order valence-electron chi connectivity index (χ3n) is 1.74. The highest BCUT2D eigenvalue weighted by Crippen LogP contribution is 2.11. The van der Waals surface area contributed by atoms with Crippen LogP contribution in [0.3, 0.4) is 0 Å². The molecule has 0 aromatic carbocycles. The summed E-state index contributed by atoms with van der Waals surface area (Å²) >= 11 is 4.54. The van der Waals surface area contributed by atoms with Crippen LogP contribution in [0, 0.1) is 0 Å². The standard InChI is InChI=1S/C8H14N4O2S2/c1-6(2)12-4-7(3-10-12)11-16(13,14)5-8(9)15/h3-4,6,11H,5H2,1-2H3,(H2,9,15). The summed E-state index contributed by atoms with van der Waals surface area (Å²) in [4.78, 5) is -0.0660. The minimum Gasteiger partial charge on any atom is -0.392 e. The molecule has 0 saturated heterocycles. The minimum atomic E-state index is -3.52. The van der Waals surface area contributed by atoms with E-state index in [1.54, 1.807) is 10.9 Å². The molecule has 0 amide bonds. The van der Waals surface area contributed by atoms with Crippen molar-refractivity contribution in [2.24, 2.45) is 5.73 Å². The summed E-state index contributed by atoms with van der Waals surface area (Å²) in [6, 6.07) is 0.175. The molecule has 16 heavy (non-hydrogen) atoms. The van der Waals surface area contributed by atoms with Crippen LogP contribution >= 0.6 is 12.2 Å². The Hall–Kier alpha value is -1.15. The Morgan fingerprint density at radius 2 is 2.31 bits per heavy atom. The van der Waals surface area contributed by atoms with Gasteiger partial charge in [0, 0.05) is 12.2 Å². The minimum absolute atomic E-state index is 0.0660. The van der Waals surface area contributed by atoms with Gasteiger partial charge in [-0.1, -0.05) is 12.2 Å². The molecule has 3 N–H and O–H groups in total. The van der Waals surface area contributed by atoms with Gasteiger partial charge in [0.15, 0.2) is 0 Å². The molecule has 1 rings (SSSR count). The van der Waals surface area contributed by atoms with Gasteiger partial charge in [-0.2, -0.15) is 5.10 Å². The summed E-state index contributed by atoms with van der Waals surface area (Å²) in [7, 11) is -3.52. The lowest BCUT2D eigenvalue weighted by Crippen LogP contribution is -2.26. The number of hydrogen-bond acceptors (Lipinski definition) is 4. The maximum atomic E-state index is 11.5. The molecule has 1 aromatic heterocycles. The molecular weight excluding hydrogens is 248 g/mol. The number of nitrogens with two attached hydrogens (primary N) is 1. The Kier molecular flexibility index (Phi) is 3.87. The van der Waals surface area contributed by atoms with E-state index < -0.39 is 10.0 Å². The molecule has 0 fully saturated rings. The van der Waals surface area contributed by atoms with Crippen molar-refractivity contribution in [2.75, 3.05) is 10.5 Å². The van der Waals surface area contributed by atoms with E-state index in [-0.39, 0.29) is 16.8 Å². The van der Waals surface area contributed by atoms with Crippen LogP contribution in [0.4, 0.5) is 5.69 Å². The molecule has 0 radical (unpaired) electrons. The number of hydrogen-bond donors (Lipinski definition) is 2. The van der Waals surface area contributed by atoms with Crippen molar-refractivity contribution in [3.63, 3.8) is 0 Å². The zero-order valence-electron chi connectivity index (χ0n) is 9.04. The summed E-state index contributed by atoms with van der Waals surface area (Å²) in [6.07, 6.45) is 3.05. The zero-order chi connectivity index (χ0) is 12.3. The van der Waals surface area contributed by atoms with Gasteiger partial charge in [-0.05, 0) is 13.8 Å². The van der Waals surface area contributed by atoms with Gasteiger partial charge in [-0.15, -0.1) is 0 Å². The second-order valence-electron chi connectivity index (χ2n) is 3.63. The molecule has 0 spiro atoms. The van der Waals surface area contributed by atoms with Crippen molar-refractivity contribution >= 4 is 32.9 Å². The van der Waals surface area contributed by atoms with Gasteiger partial charge in [0.1, 0.15) is 5.75 Å². The molecule has 1 heterocycles. The Morgan fingerprint density at radius 1 is 1.69 bits per heavy atom. The van der Waals surface area contributed by atoms with Crippen molar-refractivity contribution in [1.29, 1.82) is 0 Å². The number of rotatable bonds is 5. The average molecular weight is 262 g/mol. The predicted octanol–water partition coefficient (Wildman–Crippen LogP) is 0.492. The number of nitrogens with zero attached hydrogens (tertiary/aromatic N) is 2. The molecule has 0 aliphatic carbocycles. The molecule has 0 bridgehead atoms. The molecule has 6 nitrogen and oxygen atoms in total. The van der Waals surface area contributed by atoms with E-state index >= 15 is 0 Å². The first-order valence-electron chi connectivity index (χ1n) is 4.63. The number of thiocarbonyl (C=S) groups is 1. The lowest BCUT2D eigenvalue weighted by molar-refractivity contribution is 0.532. The van der Waals surface area contributed by atoms with Crippen LogP contribution in [0.2, 0.25) is 0 Å². The Labute approximate surface area is 99.9 Å². The van der Waals surface area contributed by atoms with E-state index in [1.165, 1.54) is 6.20 Å². The van der Waals surface area contributed by atoms with Crippen molar-refractivity contribution in [2.45, 2.75) is 19.9 Å². The molecule has 0 unspecified atom stereocenters. The first-order valence-corrected chi connectivity index (χ1v) is 6.69. The molecule has 0 aliphatic heterocycles. The van der Waals surface area contributed by atoms with Gasteiger partial charge in [0.2, 0.25) is 10.0 Å². The van der Waals surface area contributed by atoms with E-state index in [9.17, 15) is 8.42 Å². The summed E-state index contributed by atoms with van der Waals surface area (Å²) in [5.74, 6) is -0.366. The Bertz CT molecular complexity index is 478.